The van der Waals surface area contributed by atoms with Gasteiger partial charge < -0.3 is 14.2 Å². The second kappa shape index (κ2) is 12.1. The van der Waals surface area contributed by atoms with Crippen LogP contribution in [0.15, 0.2) is 94.8 Å². The van der Waals surface area contributed by atoms with Crippen LogP contribution >= 0.6 is 11.8 Å². The molecule has 1 fully saturated rings. The van der Waals surface area contributed by atoms with E-state index in [1.54, 1.807) is 51.4 Å². The van der Waals surface area contributed by atoms with Crippen molar-refractivity contribution in [2.24, 2.45) is 4.99 Å². The Hall–Kier alpha value is -4.56. The molecule has 0 aliphatic carbocycles. The highest BCUT2D eigenvalue weighted by Crippen LogP contribution is 2.35. The second-order valence-corrected chi connectivity index (χ2v) is 9.99. The van der Waals surface area contributed by atoms with Crippen molar-refractivity contribution in [3.63, 3.8) is 0 Å². The molecule has 4 aromatic rings. The van der Waals surface area contributed by atoms with Crippen molar-refractivity contribution in [1.29, 1.82) is 0 Å². The summed E-state index contributed by atoms with van der Waals surface area (Å²) in [7, 11) is 3.27. The summed E-state index contributed by atoms with van der Waals surface area (Å²) < 4.78 is 16.8. The number of carbonyl (C=O) groups excluding carboxylic acids is 2. The number of likely N-dealkylation sites (N-methyl/N-ethyl adjacent to an activating group) is 1. The Morgan fingerprint density at radius 3 is 2.60 bits per heavy atom. The van der Waals surface area contributed by atoms with Gasteiger partial charge in [-0.1, -0.05) is 54.6 Å². The van der Waals surface area contributed by atoms with Crippen molar-refractivity contribution >= 4 is 51.3 Å². The number of rotatable bonds is 8. The minimum absolute atomic E-state index is 0.166. The monoisotopic (exact) mass is 552 g/mol. The lowest BCUT2D eigenvalue weighted by molar-refractivity contribution is -0.121. The number of benzene rings is 4. The van der Waals surface area contributed by atoms with E-state index in [4.69, 9.17) is 14.2 Å². The quantitative estimate of drug-likeness (QED) is 0.176. The number of esters is 1. The molecular weight excluding hydrogens is 524 g/mol. The molecule has 1 saturated heterocycles. The molecule has 0 saturated carbocycles. The van der Waals surface area contributed by atoms with E-state index in [1.165, 1.54) is 16.7 Å². The molecular formula is C32H28N2O5S. The number of thioether (sulfide) groups is 1. The van der Waals surface area contributed by atoms with Crippen LogP contribution in [0.3, 0.4) is 0 Å². The molecule has 0 aromatic heterocycles. The Morgan fingerprint density at radius 2 is 1.77 bits per heavy atom. The van der Waals surface area contributed by atoms with Crippen molar-refractivity contribution in [2.75, 3.05) is 20.8 Å². The highest BCUT2D eigenvalue weighted by atomic mass is 32.2. The summed E-state index contributed by atoms with van der Waals surface area (Å²) in [6, 6.07) is 26.8. The van der Waals surface area contributed by atoms with Gasteiger partial charge in [-0.05, 0) is 77.0 Å². The molecule has 0 atom stereocenters. The molecule has 202 valence electrons. The maximum atomic E-state index is 13.0. The van der Waals surface area contributed by atoms with E-state index >= 15 is 0 Å². The summed E-state index contributed by atoms with van der Waals surface area (Å²) in [4.78, 5) is 31.7. The molecule has 40 heavy (non-hydrogen) atoms. The van der Waals surface area contributed by atoms with Crippen LogP contribution < -0.4 is 9.47 Å². The Labute approximate surface area is 237 Å². The third kappa shape index (κ3) is 5.87. The number of methoxy groups -OCH3 is 1. The van der Waals surface area contributed by atoms with Gasteiger partial charge in [-0.2, -0.15) is 0 Å². The number of fused-ring (bicyclic) bond motifs is 1. The first-order chi connectivity index (χ1) is 19.5. The zero-order valence-corrected chi connectivity index (χ0v) is 23.2. The van der Waals surface area contributed by atoms with E-state index in [2.05, 4.69) is 29.3 Å². The average Bonchev–Trinajstić information content (AvgIpc) is 3.24. The van der Waals surface area contributed by atoms with Crippen LogP contribution in [0.1, 0.15) is 28.4 Å². The third-order valence-corrected chi connectivity index (χ3v) is 7.39. The summed E-state index contributed by atoms with van der Waals surface area (Å²) >= 11 is 1.27. The fourth-order valence-corrected chi connectivity index (χ4v) is 5.28. The number of hydrogen-bond acceptors (Lipinski definition) is 7. The fourth-order valence-electron chi connectivity index (χ4n) is 4.30. The number of carbonyl (C=O) groups is 2. The molecule has 1 amide bonds. The molecule has 8 heteroatoms. The molecule has 5 rings (SSSR count). The smallest absolute Gasteiger partial charge is 0.338 e. The average molecular weight is 553 g/mol. The van der Waals surface area contributed by atoms with Crippen LogP contribution in [0.4, 0.5) is 5.69 Å². The summed E-state index contributed by atoms with van der Waals surface area (Å²) in [5, 5.41) is 2.83. The standard InChI is InChI=1S/C32H28N2O5S/c1-4-38-31(36)23-11-8-13-25(19-23)33-32-34(2)30(35)29(40-32)18-21-15-16-27(28(17-21)37-3)39-20-24-12-7-10-22-9-5-6-14-26(22)24/h5-19H,4,20H2,1-3H3. The van der Waals surface area contributed by atoms with E-state index in [-0.39, 0.29) is 5.91 Å². The third-order valence-electron chi connectivity index (χ3n) is 6.33. The van der Waals surface area contributed by atoms with Gasteiger partial charge in [0, 0.05) is 7.05 Å². The fraction of sp³-hybridized carbons (Fsp3) is 0.156. The van der Waals surface area contributed by atoms with Crippen molar-refractivity contribution in [2.45, 2.75) is 13.5 Å². The van der Waals surface area contributed by atoms with Crippen molar-refractivity contribution in [3.8, 4) is 11.5 Å². The predicted molar refractivity (Wildman–Crippen MR) is 159 cm³/mol. The van der Waals surface area contributed by atoms with Gasteiger partial charge in [0.15, 0.2) is 16.7 Å². The van der Waals surface area contributed by atoms with Gasteiger partial charge >= 0.3 is 5.97 Å². The molecule has 4 aromatic carbocycles. The summed E-state index contributed by atoms with van der Waals surface area (Å²) in [5.74, 6) is 0.611. The zero-order chi connectivity index (χ0) is 28.1. The lowest BCUT2D eigenvalue weighted by atomic mass is 10.1. The van der Waals surface area contributed by atoms with Crippen LogP contribution in [0.2, 0.25) is 0 Å². The number of aliphatic imine (C=N–C) groups is 1. The Morgan fingerprint density at radius 1 is 0.975 bits per heavy atom. The largest absolute Gasteiger partial charge is 0.493 e. The van der Waals surface area contributed by atoms with Crippen LogP contribution in [0.25, 0.3) is 16.8 Å². The predicted octanol–water partition coefficient (Wildman–Crippen LogP) is 6.84. The normalized spacial score (nSPS) is 15.2. The molecule has 1 aliphatic heterocycles. The maximum Gasteiger partial charge on any atom is 0.338 e. The molecule has 0 spiro atoms. The Bertz CT molecular complexity index is 1640. The Balaban J connectivity index is 1.33. The molecule has 0 N–H and O–H groups in total. The topological polar surface area (TPSA) is 77.4 Å². The molecule has 0 unspecified atom stereocenters. The van der Waals surface area contributed by atoms with Gasteiger partial charge in [0.05, 0.1) is 29.9 Å². The summed E-state index contributed by atoms with van der Waals surface area (Å²) in [6.45, 7) is 2.45. The summed E-state index contributed by atoms with van der Waals surface area (Å²) in [6.07, 6.45) is 1.80. The number of amides is 1. The van der Waals surface area contributed by atoms with Gasteiger partial charge in [0.1, 0.15) is 6.61 Å². The van der Waals surface area contributed by atoms with E-state index in [0.29, 0.717) is 46.0 Å². The molecule has 0 bridgehead atoms. The molecule has 0 radical (unpaired) electrons. The van der Waals surface area contributed by atoms with Crippen LogP contribution in [0.5, 0.6) is 11.5 Å². The van der Waals surface area contributed by atoms with E-state index in [0.717, 1.165) is 21.9 Å². The zero-order valence-electron chi connectivity index (χ0n) is 22.4. The maximum absolute atomic E-state index is 13.0. The van der Waals surface area contributed by atoms with Crippen LogP contribution in [-0.2, 0) is 16.1 Å². The highest BCUT2D eigenvalue weighted by molar-refractivity contribution is 8.18. The molecule has 1 aliphatic rings. The van der Waals surface area contributed by atoms with E-state index < -0.39 is 5.97 Å². The minimum atomic E-state index is -0.410. The number of hydrogen-bond donors (Lipinski definition) is 0. The lowest BCUT2D eigenvalue weighted by Crippen LogP contribution is -2.23. The summed E-state index contributed by atoms with van der Waals surface area (Å²) in [5.41, 5.74) is 2.85. The highest BCUT2D eigenvalue weighted by Gasteiger charge is 2.30. The first kappa shape index (κ1) is 27.0. The minimum Gasteiger partial charge on any atom is -0.493 e. The van der Waals surface area contributed by atoms with Gasteiger partial charge in [-0.25, -0.2) is 9.79 Å². The SMILES string of the molecule is CCOC(=O)c1cccc(N=C2SC(=Cc3ccc(OCc4cccc5ccccc45)c(OC)c3)C(=O)N2C)c1. The number of amidine groups is 1. The molecule has 1 heterocycles. The first-order valence-corrected chi connectivity index (χ1v) is 13.6. The van der Waals surface area contributed by atoms with Crippen molar-refractivity contribution in [1.82, 2.24) is 4.90 Å². The number of ether oxygens (including phenoxy) is 3. The van der Waals surface area contributed by atoms with Gasteiger partial charge in [-0.15, -0.1) is 0 Å². The van der Waals surface area contributed by atoms with Gasteiger partial charge in [-0.3, -0.25) is 9.69 Å². The molecule has 7 nitrogen and oxygen atoms in total. The second-order valence-electron chi connectivity index (χ2n) is 8.98. The van der Waals surface area contributed by atoms with Crippen molar-refractivity contribution < 1.29 is 23.8 Å². The lowest BCUT2D eigenvalue weighted by Gasteiger charge is -2.13. The van der Waals surface area contributed by atoms with E-state index in [9.17, 15) is 9.59 Å². The van der Waals surface area contributed by atoms with Gasteiger partial charge in [0.2, 0.25) is 0 Å². The van der Waals surface area contributed by atoms with E-state index in [1.807, 2.05) is 36.4 Å². The van der Waals surface area contributed by atoms with Crippen molar-refractivity contribution in [3.05, 3.63) is 107 Å². The van der Waals surface area contributed by atoms with Gasteiger partial charge in [0.25, 0.3) is 5.91 Å². The van der Waals surface area contributed by atoms with Crippen LogP contribution in [0, 0.1) is 0 Å². The Kier molecular flexibility index (Phi) is 8.17. The first-order valence-electron chi connectivity index (χ1n) is 12.8. The van der Waals surface area contributed by atoms with Crippen LogP contribution in [-0.4, -0.2) is 42.7 Å². The number of nitrogens with zero attached hydrogens (tertiary/aromatic N) is 2.